The molecule has 0 fully saturated rings. The number of amides is 1. The van der Waals surface area contributed by atoms with Crippen LogP contribution >= 0.6 is 0 Å². The van der Waals surface area contributed by atoms with Crippen molar-refractivity contribution in [2.75, 3.05) is 13.2 Å². The number of nitrogens with one attached hydrogen (secondary N) is 1. The van der Waals surface area contributed by atoms with Crippen LogP contribution in [0.2, 0.25) is 0 Å². The zero-order valence-corrected chi connectivity index (χ0v) is 9.57. The Labute approximate surface area is 95.1 Å². The molecule has 0 aromatic carbocycles. The Morgan fingerprint density at radius 1 is 1.44 bits per heavy atom. The van der Waals surface area contributed by atoms with Crippen LogP contribution in [-0.4, -0.2) is 36.4 Å². The Morgan fingerprint density at radius 2 is 2.12 bits per heavy atom. The number of unbranched alkanes of at least 4 members (excludes halogenated alkanes) is 1. The number of alkyl carbamates (subject to hydrolysis) is 1. The van der Waals surface area contributed by atoms with E-state index in [9.17, 15) is 9.59 Å². The van der Waals surface area contributed by atoms with Gasteiger partial charge in [0.1, 0.15) is 6.04 Å². The standard InChI is InChI=1S/C10H20N2O4/c1-2-3-7-16-10(15)12-8(9(13)14)5-4-6-11/h8H,2-7,11H2,1H3,(H,12,15)(H,13,14). The highest BCUT2D eigenvalue weighted by atomic mass is 16.5. The van der Waals surface area contributed by atoms with Crippen molar-refractivity contribution in [2.45, 2.75) is 38.6 Å². The van der Waals surface area contributed by atoms with Crippen LogP contribution < -0.4 is 11.1 Å². The van der Waals surface area contributed by atoms with E-state index in [4.69, 9.17) is 15.6 Å². The van der Waals surface area contributed by atoms with E-state index < -0.39 is 18.1 Å². The first-order valence-electron chi connectivity index (χ1n) is 5.48. The average molecular weight is 232 g/mol. The highest BCUT2D eigenvalue weighted by molar-refractivity contribution is 5.79. The molecule has 1 amide bonds. The van der Waals surface area contributed by atoms with Gasteiger partial charge in [-0.15, -0.1) is 0 Å². The van der Waals surface area contributed by atoms with Crippen LogP contribution in [-0.2, 0) is 9.53 Å². The van der Waals surface area contributed by atoms with Crippen molar-refractivity contribution in [3.63, 3.8) is 0 Å². The first-order chi connectivity index (χ1) is 7.61. The van der Waals surface area contributed by atoms with Gasteiger partial charge in [0.05, 0.1) is 6.61 Å². The maximum absolute atomic E-state index is 11.2. The van der Waals surface area contributed by atoms with Gasteiger partial charge in [-0.1, -0.05) is 13.3 Å². The summed E-state index contributed by atoms with van der Waals surface area (Å²) in [5, 5.41) is 11.1. The third kappa shape index (κ3) is 7.05. The smallest absolute Gasteiger partial charge is 0.407 e. The van der Waals surface area contributed by atoms with E-state index in [2.05, 4.69) is 5.32 Å². The van der Waals surface area contributed by atoms with E-state index in [0.29, 0.717) is 26.0 Å². The molecule has 0 aliphatic carbocycles. The highest BCUT2D eigenvalue weighted by Gasteiger charge is 2.19. The van der Waals surface area contributed by atoms with Crippen molar-refractivity contribution >= 4 is 12.1 Å². The molecule has 0 aromatic rings. The third-order valence-electron chi connectivity index (χ3n) is 2.02. The minimum atomic E-state index is -1.07. The number of carboxylic acid groups (broad SMARTS) is 1. The van der Waals surface area contributed by atoms with Crippen LogP contribution in [0, 0.1) is 0 Å². The summed E-state index contributed by atoms with van der Waals surface area (Å²) in [4.78, 5) is 21.9. The van der Waals surface area contributed by atoms with Gasteiger partial charge in [-0.2, -0.15) is 0 Å². The maximum Gasteiger partial charge on any atom is 0.407 e. The van der Waals surface area contributed by atoms with Gasteiger partial charge in [-0.05, 0) is 25.8 Å². The second kappa shape index (κ2) is 8.96. The molecule has 0 radical (unpaired) electrons. The quantitative estimate of drug-likeness (QED) is 0.535. The summed E-state index contributed by atoms with van der Waals surface area (Å²) < 4.78 is 4.80. The van der Waals surface area contributed by atoms with Gasteiger partial charge in [0.25, 0.3) is 0 Å². The number of hydrogen-bond acceptors (Lipinski definition) is 4. The number of ether oxygens (including phenoxy) is 1. The lowest BCUT2D eigenvalue weighted by Gasteiger charge is -2.13. The van der Waals surface area contributed by atoms with Crippen molar-refractivity contribution in [3.8, 4) is 0 Å². The largest absolute Gasteiger partial charge is 0.480 e. The van der Waals surface area contributed by atoms with E-state index in [1.165, 1.54) is 0 Å². The summed E-state index contributed by atoms with van der Waals surface area (Å²) in [5.74, 6) is -1.07. The number of carboxylic acids is 1. The first-order valence-corrected chi connectivity index (χ1v) is 5.48. The van der Waals surface area contributed by atoms with Crippen LogP contribution in [0.1, 0.15) is 32.6 Å². The van der Waals surface area contributed by atoms with Gasteiger partial charge < -0.3 is 20.9 Å². The average Bonchev–Trinajstić information content (AvgIpc) is 2.24. The number of rotatable bonds is 8. The monoisotopic (exact) mass is 232 g/mol. The minimum absolute atomic E-state index is 0.311. The maximum atomic E-state index is 11.2. The third-order valence-corrected chi connectivity index (χ3v) is 2.02. The molecule has 16 heavy (non-hydrogen) atoms. The molecule has 94 valence electrons. The van der Waals surface area contributed by atoms with Crippen LogP contribution in [0.3, 0.4) is 0 Å². The van der Waals surface area contributed by atoms with Crippen LogP contribution in [0.5, 0.6) is 0 Å². The number of carbonyl (C=O) groups excluding carboxylic acids is 1. The van der Waals surface area contributed by atoms with E-state index in [1.54, 1.807) is 0 Å². The fraction of sp³-hybridized carbons (Fsp3) is 0.800. The molecular weight excluding hydrogens is 212 g/mol. The summed E-state index contributed by atoms with van der Waals surface area (Å²) in [6.07, 6.45) is 1.87. The van der Waals surface area contributed by atoms with Crippen molar-refractivity contribution in [2.24, 2.45) is 5.73 Å². The molecule has 0 rings (SSSR count). The van der Waals surface area contributed by atoms with E-state index in [1.807, 2.05) is 6.92 Å². The lowest BCUT2D eigenvalue weighted by atomic mass is 10.1. The van der Waals surface area contributed by atoms with Crippen molar-refractivity contribution in [1.29, 1.82) is 0 Å². The Kier molecular flexibility index (Phi) is 8.24. The second-order valence-electron chi connectivity index (χ2n) is 3.46. The van der Waals surface area contributed by atoms with Crippen LogP contribution in [0.4, 0.5) is 4.79 Å². The van der Waals surface area contributed by atoms with Gasteiger partial charge in [0, 0.05) is 0 Å². The topological polar surface area (TPSA) is 102 Å². The first kappa shape index (κ1) is 14.7. The lowest BCUT2D eigenvalue weighted by Crippen LogP contribution is -2.41. The summed E-state index contributed by atoms with van der Waals surface area (Å²) in [7, 11) is 0. The molecule has 0 spiro atoms. The molecule has 6 nitrogen and oxygen atoms in total. The molecule has 1 atom stereocenters. The van der Waals surface area contributed by atoms with Crippen LogP contribution in [0.15, 0.2) is 0 Å². The molecule has 1 unspecified atom stereocenters. The van der Waals surface area contributed by atoms with Gasteiger partial charge >= 0.3 is 12.1 Å². The Hall–Kier alpha value is -1.30. The lowest BCUT2D eigenvalue weighted by molar-refractivity contribution is -0.139. The molecule has 0 aliphatic rings. The molecule has 0 bridgehead atoms. The Bertz CT molecular complexity index is 221. The minimum Gasteiger partial charge on any atom is -0.480 e. The number of aliphatic carboxylic acids is 1. The fourth-order valence-corrected chi connectivity index (χ4v) is 1.07. The molecule has 6 heteroatoms. The fourth-order valence-electron chi connectivity index (χ4n) is 1.07. The molecule has 0 saturated carbocycles. The summed E-state index contributed by atoms with van der Waals surface area (Å²) in [6, 6.07) is -0.919. The number of carbonyl (C=O) groups is 2. The van der Waals surface area contributed by atoms with E-state index >= 15 is 0 Å². The zero-order valence-electron chi connectivity index (χ0n) is 9.57. The second-order valence-corrected chi connectivity index (χ2v) is 3.46. The molecular formula is C10H20N2O4. The molecule has 0 aliphatic heterocycles. The molecule has 0 aromatic heterocycles. The Balaban J connectivity index is 3.88. The predicted octanol–water partition coefficient (Wildman–Crippen LogP) is 0.705. The van der Waals surface area contributed by atoms with Gasteiger partial charge in [0.15, 0.2) is 0 Å². The van der Waals surface area contributed by atoms with Crippen molar-refractivity contribution in [1.82, 2.24) is 5.32 Å². The summed E-state index contributed by atoms with van der Waals surface area (Å²) >= 11 is 0. The van der Waals surface area contributed by atoms with Gasteiger partial charge in [-0.25, -0.2) is 9.59 Å². The molecule has 0 heterocycles. The number of hydrogen-bond donors (Lipinski definition) is 3. The van der Waals surface area contributed by atoms with Gasteiger partial charge in [0.2, 0.25) is 0 Å². The molecule has 4 N–H and O–H groups in total. The number of nitrogens with two attached hydrogens (primary N) is 1. The summed E-state index contributed by atoms with van der Waals surface area (Å²) in [6.45, 7) is 2.68. The molecule has 0 saturated heterocycles. The SMILES string of the molecule is CCCCOC(=O)NC(CCCN)C(=O)O. The normalized spacial score (nSPS) is 11.9. The van der Waals surface area contributed by atoms with Crippen molar-refractivity contribution in [3.05, 3.63) is 0 Å². The van der Waals surface area contributed by atoms with Gasteiger partial charge in [-0.3, -0.25) is 0 Å². The van der Waals surface area contributed by atoms with E-state index in [-0.39, 0.29) is 0 Å². The van der Waals surface area contributed by atoms with Crippen molar-refractivity contribution < 1.29 is 19.4 Å². The zero-order chi connectivity index (χ0) is 12.4. The van der Waals surface area contributed by atoms with E-state index in [0.717, 1.165) is 12.8 Å². The Morgan fingerprint density at radius 3 is 2.62 bits per heavy atom. The summed E-state index contributed by atoms with van der Waals surface area (Å²) in [5.41, 5.74) is 5.27. The predicted molar refractivity (Wildman–Crippen MR) is 59.1 cm³/mol. The van der Waals surface area contributed by atoms with Crippen LogP contribution in [0.25, 0.3) is 0 Å². The highest BCUT2D eigenvalue weighted by Crippen LogP contribution is 1.98.